The molecule has 5 rings (SSSR count). The zero-order valence-electron chi connectivity index (χ0n) is 20.4. The maximum atomic E-state index is 13.3. The lowest BCUT2D eigenvalue weighted by molar-refractivity contribution is 0.0746. The Bertz CT molecular complexity index is 1060. The number of piperazine rings is 1. The zero-order chi connectivity index (χ0) is 23.5. The number of hydrogen-bond donors (Lipinski definition) is 0. The number of anilines is 1. The highest BCUT2D eigenvalue weighted by atomic mass is 16.1. The Kier molecular flexibility index (Phi) is 6.80. The lowest BCUT2D eigenvalue weighted by atomic mass is 9.82. The molecule has 1 fully saturated rings. The molecule has 2 aliphatic rings. The number of ketones is 1. The Morgan fingerprint density at radius 2 is 1.47 bits per heavy atom. The van der Waals surface area contributed by atoms with Crippen LogP contribution >= 0.6 is 0 Å². The number of aryl methyl sites for hydroxylation is 1. The van der Waals surface area contributed by atoms with Crippen LogP contribution in [0.25, 0.3) is 0 Å². The summed E-state index contributed by atoms with van der Waals surface area (Å²) in [6, 6.07) is 28.3. The number of hydrogen-bond acceptors (Lipinski definition) is 4. The minimum atomic E-state index is 0.114. The number of rotatable bonds is 6. The summed E-state index contributed by atoms with van der Waals surface area (Å²) in [5, 5.41) is 0. The molecule has 1 aliphatic heterocycles. The molecule has 0 radical (unpaired) electrons. The van der Waals surface area contributed by atoms with Crippen LogP contribution in [0.15, 0.2) is 78.9 Å². The van der Waals surface area contributed by atoms with E-state index in [1.165, 1.54) is 22.4 Å². The molecule has 34 heavy (non-hydrogen) atoms. The second-order valence-electron chi connectivity index (χ2n) is 9.90. The fourth-order valence-electron chi connectivity index (χ4n) is 5.56. The molecule has 1 heterocycles. The van der Waals surface area contributed by atoms with Crippen LogP contribution in [0.5, 0.6) is 0 Å². The van der Waals surface area contributed by atoms with Crippen LogP contribution in [0.2, 0.25) is 0 Å². The van der Waals surface area contributed by atoms with Crippen molar-refractivity contribution in [3.05, 3.63) is 101 Å². The summed E-state index contributed by atoms with van der Waals surface area (Å²) in [5.74, 6) is 0.448. The van der Waals surface area contributed by atoms with Crippen molar-refractivity contribution in [2.75, 3.05) is 51.7 Å². The lowest BCUT2D eigenvalue weighted by Crippen LogP contribution is -2.50. The van der Waals surface area contributed by atoms with Crippen molar-refractivity contribution >= 4 is 11.5 Å². The van der Waals surface area contributed by atoms with Gasteiger partial charge in [0, 0.05) is 64.0 Å². The molecule has 0 amide bonds. The summed E-state index contributed by atoms with van der Waals surface area (Å²) in [7, 11) is 4.10. The first-order valence-electron chi connectivity index (χ1n) is 12.5. The first-order valence-corrected chi connectivity index (χ1v) is 12.5. The van der Waals surface area contributed by atoms with Gasteiger partial charge in [-0.3, -0.25) is 9.69 Å². The second kappa shape index (κ2) is 10.1. The molecule has 176 valence electrons. The van der Waals surface area contributed by atoms with Crippen molar-refractivity contribution < 1.29 is 4.79 Å². The molecule has 3 aromatic carbocycles. The minimum Gasteiger partial charge on any atom is -0.378 e. The van der Waals surface area contributed by atoms with Crippen LogP contribution in [0, 0.1) is 5.92 Å². The van der Waals surface area contributed by atoms with Crippen molar-refractivity contribution in [1.29, 1.82) is 0 Å². The molecule has 1 unspecified atom stereocenters. The van der Waals surface area contributed by atoms with Crippen LogP contribution in [-0.4, -0.2) is 62.4 Å². The summed E-state index contributed by atoms with van der Waals surface area (Å²) in [6.45, 7) is 4.91. The van der Waals surface area contributed by atoms with Crippen LogP contribution in [-0.2, 0) is 6.42 Å². The Morgan fingerprint density at radius 1 is 0.853 bits per heavy atom. The highest BCUT2D eigenvalue weighted by molar-refractivity contribution is 6.00. The number of carbonyl (C=O) groups excluding carboxylic acids is 1. The first-order chi connectivity index (χ1) is 16.6. The molecular formula is C30H35N3O. The van der Waals surface area contributed by atoms with Gasteiger partial charge in [0.05, 0.1) is 6.04 Å². The molecule has 3 aromatic rings. The molecule has 0 bridgehead atoms. The van der Waals surface area contributed by atoms with Crippen LogP contribution in [0.3, 0.4) is 0 Å². The predicted octanol–water partition coefficient (Wildman–Crippen LogP) is 4.90. The molecule has 4 nitrogen and oxygen atoms in total. The van der Waals surface area contributed by atoms with E-state index >= 15 is 0 Å². The van der Waals surface area contributed by atoms with E-state index in [0.29, 0.717) is 5.78 Å². The van der Waals surface area contributed by atoms with E-state index < -0.39 is 0 Å². The smallest absolute Gasteiger partial charge is 0.167 e. The van der Waals surface area contributed by atoms with Gasteiger partial charge in [-0.25, -0.2) is 0 Å². The van der Waals surface area contributed by atoms with E-state index in [-0.39, 0.29) is 12.0 Å². The lowest BCUT2D eigenvalue weighted by Gasteiger charge is -2.41. The molecule has 1 saturated heterocycles. The molecule has 0 saturated carbocycles. The van der Waals surface area contributed by atoms with Gasteiger partial charge < -0.3 is 9.80 Å². The van der Waals surface area contributed by atoms with E-state index in [1.54, 1.807) is 0 Å². The topological polar surface area (TPSA) is 26.8 Å². The van der Waals surface area contributed by atoms with Gasteiger partial charge in [0.1, 0.15) is 0 Å². The molecule has 0 aromatic heterocycles. The van der Waals surface area contributed by atoms with Gasteiger partial charge in [-0.15, -0.1) is 0 Å². The standard InChI is InChI=1S/C30H35N3O/c1-31(2)27-15-16-28-25(21-27)13-14-26(30(28)34)22-32-17-19-33(20-18-32)29(23-9-5-3-6-10-23)24-11-7-4-8-12-24/h3-12,15-16,21,26,29H,13-14,17-20,22H2,1-2H3. The summed E-state index contributed by atoms with van der Waals surface area (Å²) in [5.41, 5.74) is 6.02. The van der Waals surface area contributed by atoms with Gasteiger partial charge >= 0.3 is 0 Å². The first kappa shape index (κ1) is 22.8. The monoisotopic (exact) mass is 453 g/mol. The Hall–Kier alpha value is -2.95. The largest absolute Gasteiger partial charge is 0.378 e. The Labute approximate surface area is 203 Å². The third kappa shape index (κ3) is 4.79. The van der Waals surface area contributed by atoms with Crippen molar-refractivity contribution in [3.63, 3.8) is 0 Å². The van der Waals surface area contributed by atoms with Crippen LogP contribution in [0.1, 0.15) is 39.5 Å². The summed E-state index contributed by atoms with van der Waals surface area (Å²) in [4.78, 5) is 20.5. The summed E-state index contributed by atoms with van der Waals surface area (Å²) in [6.07, 6.45) is 1.96. The summed E-state index contributed by atoms with van der Waals surface area (Å²) < 4.78 is 0. The molecule has 1 aliphatic carbocycles. The molecular weight excluding hydrogens is 418 g/mol. The van der Waals surface area contributed by atoms with Crippen molar-refractivity contribution in [2.24, 2.45) is 5.92 Å². The Morgan fingerprint density at radius 3 is 2.06 bits per heavy atom. The quantitative estimate of drug-likeness (QED) is 0.530. The molecule has 1 atom stereocenters. The van der Waals surface area contributed by atoms with E-state index in [2.05, 4.69) is 102 Å². The average Bonchev–Trinajstić information content (AvgIpc) is 2.88. The maximum Gasteiger partial charge on any atom is 0.167 e. The van der Waals surface area contributed by atoms with Crippen LogP contribution < -0.4 is 4.90 Å². The van der Waals surface area contributed by atoms with E-state index in [1.807, 2.05) is 6.07 Å². The maximum absolute atomic E-state index is 13.3. The van der Waals surface area contributed by atoms with Crippen molar-refractivity contribution in [1.82, 2.24) is 9.80 Å². The van der Waals surface area contributed by atoms with Crippen LogP contribution in [0.4, 0.5) is 5.69 Å². The number of fused-ring (bicyclic) bond motifs is 1. The molecule has 0 spiro atoms. The molecule has 4 heteroatoms. The number of benzene rings is 3. The number of Topliss-reactive ketones (excluding diaryl/α,β-unsaturated/α-hetero) is 1. The number of nitrogens with zero attached hydrogens (tertiary/aromatic N) is 3. The zero-order valence-corrected chi connectivity index (χ0v) is 20.4. The SMILES string of the molecule is CN(C)c1ccc2c(c1)CCC(CN1CCN(C(c3ccccc3)c3ccccc3)CC1)C2=O. The summed E-state index contributed by atoms with van der Waals surface area (Å²) >= 11 is 0. The van der Waals surface area contributed by atoms with Gasteiger partial charge in [-0.05, 0) is 47.7 Å². The normalized spacial score (nSPS) is 19.3. The van der Waals surface area contributed by atoms with Crippen molar-refractivity contribution in [3.8, 4) is 0 Å². The third-order valence-electron chi connectivity index (χ3n) is 7.48. The van der Waals surface area contributed by atoms with Gasteiger partial charge in [-0.1, -0.05) is 60.7 Å². The van der Waals surface area contributed by atoms with Gasteiger partial charge in [0.2, 0.25) is 0 Å². The fourth-order valence-corrected chi connectivity index (χ4v) is 5.56. The highest BCUT2D eigenvalue weighted by Gasteiger charge is 2.32. The highest BCUT2D eigenvalue weighted by Crippen LogP contribution is 2.31. The average molecular weight is 454 g/mol. The van der Waals surface area contributed by atoms with Crippen molar-refractivity contribution in [2.45, 2.75) is 18.9 Å². The fraction of sp³-hybridized carbons (Fsp3) is 0.367. The Balaban J connectivity index is 1.24. The third-order valence-corrected chi connectivity index (χ3v) is 7.48. The van der Waals surface area contributed by atoms with E-state index in [0.717, 1.165) is 51.1 Å². The predicted molar refractivity (Wildman–Crippen MR) is 140 cm³/mol. The number of carbonyl (C=O) groups is 1. The van der Waals surface area contributed by atoms with Gasteiger partial charge in [0.25, 0.3) is 0 Å². The minimum absolute atomic E-state index is 0.114. The van der Waals surface area contributed by atoms with Gasteiger partial charge in [-0.2, -0.15) is 0 Å². The second-order valence-corrected chi connectivity index (χ2v) is 9.90. The van der Waals surface area contributed by atoms with E-state index in [9.17, 15) is 4.79 Å². The molecule has 0 N–H and O–H groups in total. The van der Waals surface area contributed by atoms with Gasteiger partial charge in [0.15, 0.2) is 5.78 Å². The van der Waals surface area contributed by atoms with E-state index in [4.69, 9.17) is 0 Å².